The van der Waals surface area contributed by atoms with E-state index >= 15 is 0 Å². The summed E-state index contributed by atoms with van der Waals surface area (Å²) < 4.78 is 2.50. The summed E-state index contributed by atoms with van der Waals surface area (Å²) in [4.78, 5) is 7.53. The van der Waals surface area contributed by atoms with Crippen LogP contribution in [0.4, 0.5) is 5.69 Å². The summed E-state index contributed by atoms with van der Waals surface area (Å²) in [6.07, 6.45) is 6.00. The predicted molar refractivity (Wildman–Crippen MR) is 128 cm³/mol. The van der Waals surface area contributed by atoms with Crippen LogP contribution in [0.5, 0.6) is 0 Å². The Labute approximate surface area is 182 Å². The Hall–Kier alpha value is -2.43. The van der Waals surface area contributed by atoms with Gasteiger partial charge in [0.05, 0.1) is 5.69 Å². The van der Waals surface area contributed by atoms with Gasteiger partial charge in [0.2, 0.25) is 0 Å². The van der Waals surface area contributed by atoms with E-state index in [0.29, 0.717) is 5.92 Å². The van der Waals surface area contributed by atoms with Gasteiger partial charge in [0.25, 0.3) is 0 Å². The molecule has 0 aliphatic carbocycles. The molecule has 6 rings (SSSR count). The SMILES string of the molecule is c1cc2c3c(cccc3c1)N(CCCN1CCC(c3c[nH]c4ccccc34)CC1)S2. The number of piperidine rings is 1. The van der Waals surface area contributed by atoms with E-state index in [9.17, 15) is 0 Å². The molecule has 0 radical (unpaired) electrons. The summed E-state index contributed by atoms with van der Waals surface area (Å²) in [5.74, 6) is 0.693. The number of hydrogen-bond donors (Lipinski definition) is 1. The fourth-order valence-electron chi connectivity index (χ4n) is 5.24. The fourth-order valence-corrected chi connectivity index (χ4v) is 6.40. The summed E-state index contributed by atoms with van der Waals surface area (Å²) in [7, 11) is 0. The van der Waals surface area contributed by atoms with Crippen molar-refractivity contribution in [2.75, 3.05) is 30.5 Å². The first-order chi connectivity index (χ1) is 14.9. The second kappa shape index (κ2) is 7.68. The molecule has 4 heteroatoms. The molecule has 1 aromatic heterocycles. The molecular weight excluding hydrogens is 386 g/mol. The van der Waals surface area contributed by atoms with Crippen LogP contribution in [0.15, 0.2) is 71.8 Å². The van der Waals surface area contributed by atoms with Crippen LogP contribution in [0.2, 0.25) is 0 Å². The highest BCUT2D eigenvalue weighted by Crippen LogP contribution is 2.45. The third-order valence-electron chi connectivity index (χ3n) is 6.81. The van der Waals surface area contributed by atoms with Crippen molar-refractivity contribution in [2.45, 2.75) is 30.1 Å². The van der Waals surface area contributed by atoms with Crippen LogP contribution < -0.4 is 4.31 Å². The molecule has 2 aliphatic heterocycles. The summed E-state index contributed by atoms with van der Waals surface area (Å²) in [6, 6.07) is 22.1. The minimum Gasteiger partial charge on any atom is -0.361 e. The first-order valence-electron chi connectivity index (χ1n) is 11.1. The molecule has 0 bridgehead atoms. The van der Waals surface area contributed by atoms with Gasteiger partial charge in [-0.05, 0) is 85.9 Å². The average Bonchev–Trinajstić information content (AvgIpc) is 3.38. The lowest BCUT2D eigenvalue weighted by molar-refractivity contribution is 0.212. The van der Waals surface area contributed by atoms with E-state index in [0.717, 1.165) is 6.54 Å². The van der Waals surface area contributed by atoms with Gasteiger partial charge in [-0.3, -0.25) is 0 Å². The summed E-state index contributed by atoms with van der Waals surface area (Å²) in [5.41, 5.74) is 4.18. The molecule has 0 spiro atoms. The normalized spacial score (nSPS) is 17.4. The fraction of sp³-hybridized carbons (Fsp3) is 0.308. The van der Waals surface area contributed by atoms with Crippen LogP contribution in [-0.4, -0.2) is 36.1 Å². The van der Waals surface area contributed by atoms with E-state index in [2.05, 4.69) is 81.0 Å². The van der Waals surface area contributed by atoms with Crippen LogP contribution in [0, 0.1) is 0 Å². The van der Waals surface area contributed by atoms with Crippen molar-refractivity contribution in [3.8, 4) is 0 Å². The van der Waals surface area contributed by atoms with Crippen LogP contribution in [-0.2, 0) is 0 Å². The Balaban J connectivity index is 1.04. The van der Waals surface area contributed by atoms with Crippen LogP contribution >= 0.6 is 11.9 Å². The number of rotatable bonds is 5. The van der Waals surface area contributed by atoms with Gasteiger partial charge in [-0.2, -0.15) is 0 Å². The van der Waals surface area contributed by atoms with Crippen LogP contribution in [0.3, 0.4) is 0 Å². The number of benzene rings is 3. The first-order valence-corrected chi connectivity index (χ1v) is 11.9. The Morgan fingerprint density at radius 1 is 0.900 bits per heavy atom. The Bertz CT molecular complexity index is 1180. The van der Waals surface area contributed by atoms with Gasteiger partial charge in [0.1, 0.15) is 0 Å². The maximum atomic E-state index is 3.46. The molecule has 1 saturated heterocycles. The number of anilines is 1. The molecule has 4 aromatic rings. The third kappa shape index (κ3) is 3.19. The van der Waals surface area contributed by atoms with Crippen molar-refractivity contribution in [1.29, 1.82) is 0 Å². The molecule has 0 saturated carbocycles. The van der Waals surface area contributed by atoms with Gasteiger partial charge in [-0.25, -0.2) is 0 Å². The number of aromatic nitrogens is 1. The number of H-pyrrole nitrogens is 1. The largest absolute Gasteiger partial charge is 0.361 e. The molecule has 1 fully saturated rings. The number of likely N-dealkylation sites (tertiary alicyclic amines) is 1. The molecule has 0 unspecified atom stereocenters. The second-order valence-electron chi connectivity index (χ2n) is 8.58. The smallest absolute Gasteiger partial charge is 0.0563 e. The minimum absolute atomic E-state index is 0.693. The number of hydrogen-bond acceptors (Lipinski definition) is 3. The molecule has 3 aromatic carbocycles. The molecule has 3 nitrogen and oxygen atoms in total. The van der Waals surface area contributed by atoms with Crippen molar-refractivity contribution in [3.63, 3.8) is 0 Å². The summed E-state index contributed by atoms with van der Waals surface area (Å²) >= 11 is 1.91. The minimum atomic E-state index is 0.693. The third-order valence-corrected chi connectivity index (χ3v) is 7.94. The second-order valence-corrected chi connectivity index (χ2v) is 9.65. The van der Waals surface area contributed by atoms with E-state index in [-0.39, 0.29) is 0 Å². The number of nitrogens with zero attached hydrogens (tertiary/aromatic N) is 2. The Morgan fingerprint density at radius 3 is 2.63 bits per heavy atom. The quantitative estimate of drug-likeness (QED) is 0.382. The lowest BCUT2D eigenvalue weighted by Crippen LogP contribution is -2.34. The van der Waals surface area contributed by atoms with Crippen molar-refractivity contribution in [3.05, 3.63) is 72.4 Å². The van der Waals surface area contributed by atoms with Gasteiger partial charge < -0.3 is 14.2 Å². The van der Waals surface area contributed by atoms with Crippen LogP contribution in [0.25, 0.3) is 21.7 Å². The Morgan fingerprint density at radius 2 is 1.73 bits per heavy atom. The van der Waals surface area contributed by atoms with Crippen molar-refractivity contribution >= 4 is 39.3 Å². The molecule has 0 atom stereocenters. The van der Waals surface area contributed by atoms with E-state index in [1.165, 1.54) is 76.7 Å². The van der Waals surface area contributed by atoms with Gasteiger partial charge in [-0.1, -0.05) is 42.5 Å². The van der Waals surface area contributed by atoms with Crippen molar-refractivity contribution in [1.82, 2.24) is 9.88 Å². The summed E-state index contributed by atoms with van der Waals surface area (Å²) in [6.45, 7) is 4.74. The first kappa shape index (κ1) is 18.3. The van der Waals surface area contributed by atoms with E-state index in [1.807, 2.05) is 11.9 Å². The maximum Gasteiger partial charge on any atom is 0.0563 e. The number of fused-ring (bicyclic) bond motifs is 1. The average molecular weight is 414 g/mol. The lowest BCUT2D eigenvalue weighted by Gasteiger charge is -2.32. The van der Waals surface area contributed by atoms with Crippen molar-refractivity contribution in [2.24, 2.45) is 0 Å². The lowest BCUT2D eigenvalue weighted by atomic mass is 9.89. The van der Waals surface area contributed by atoms with Crippen LogP contribution in [0.1, 0.15) is 30.7 Å². The van der Waals surface area contributed by atoms with Gasteiger partial charge in [0.15, 0.2) is 0 Å². The number of aromatic amines is 1. The molecular formula is C26H27N3S. The van der Waals surface area contributed by atoms with E-state index < -0.39 is 0 Å². The zero-order valence-electron chi connectivity index (χ0n) is 17.2. The van der Waals surface area contributed by atoms with Gasteiger partial charge >= 0.3 is 0 Å². The molecule has 0 amide bonds. The zero-order valence-corrected chi connectivity index (χ0v) is 18.0. The summed E-state index contributed by atoms with van der Waals surface area (Å²) in [5, 5.41) is 4.21. The molecule has 152 valence electrons. The standard InChI is InChI=1S/C26H27N3S/c1-2-9-23-21(8-1)22(18-27-23)19-12-16-28(17-13-19)14-5-15-29-24-10-3-6-20-7-4-11-25(30-29)26(20)24/h1-4,6-11,18-19,27H,5,12-17H2. The highest BCUT2D eigenvalue weighted by Gasteiger charge is 2.24. The molecule has 30 heavy (non-hydrogen) atoms. The molecule has 3 heterocycles. The van der Waals surface area contributed by atoms with Crippen molar-refractivity contribution < 1.29 is 0 Å². The number of nitrogens with one attached hydrogen (secondary N) is 1. The van der Waals surface area contributed by atoms with Gasteiger partial charge in [0, 0.05) is 33.9 Å². The molecule has 2 aliphatic rings. The van der Waals surface area contributed by atoms with E-state index in [4.69, 9.17) is 0 Å². The van der Waals surface area contributed by atoms with E-state index in [1.54, 1.807) is 0 Å². The monoisotopic (exact) mass is 413 g/mol. The maximum absolute atomic E-state index is 3.46. The highest BCUT2D eigenvalue weighted by atomic mass is 32.2. The Kier molecular flexibility index (Phi) is 4.70. The number of para-hydroxylation sites is 1. The topological polar surface area (TPSA) is 22.3 Å². The molecule has 1 N–H and O–H groups in total. The highest BCUT2D eigenvalue weighted by molar-refractivity contribution is 8.01. The van der Waals surface area contributed by atoms with Gasteiger partial charge in [-0.15, -0.1) is 0 Å². The zero-order chi connectivity index (χ0) is 19.9. The predicted octanol–water partition coefficient (Wildman–Crippen LogP) is 6.42.